The predicted octanol–water partition coefficient (Wildman–Crippen LogP) is 4.08. The summed E-state index contributed by atoms with van der Waals surface area (Å²) in [4.78, 5) is 10.9. The Balaban J connectivity index is 2.44. The molecule has 0 saturated carbocycles. The number of anilines is 2. The van der Waals surface area contributed by atoms with Crippen molar-refractivity contribution >= 4 is 40.5 Å². The first kappa shape index (κ1) is 16.3. The lowest BCUT2D eigenvalue weighted by atomic mass is 10.1. The smallest absolute Gasteiger partial charge is 0.307 e. The van der Waals surface area contributed by atoms with Gasteiger partial charge in [0, 0.05) is 11.8 Å². The fourth-order valence-electron chi connectivity index (χ4n) is 1.95. The number of ether oxygens (including phenoxy) is 1. The second-order valence-electron chi connectivity index (χ2n) is 4.45. The van der Waals surface area contributed by atoms with Crippen molar-refractivity contribution in [3.63, 3.8) is 0 Å². The first-order chi connectivity index (χ1) is 10.4. The van der Waals surface area contributed by atoms with Gasteiger partial charge in [-0.05, 0) is 11.6 Å². The number of rotatable bonds is 5. The number of hydrogen-bond donors (Lipinski definition) is 3. The van der Waals surface area contributed by atoms with Crippen LogP contribution in [0.4, 0.5) is 11.4 Å². The molecule has 0 unspecified atom stereocenters. The van der Waals surface area contributed by atoms with Gasteiger partial charge in [0.2, 0.25) is 0 Å². The summed E-state index contributed by atoms with van der Waals surface area (Å²) in [6.07, 6.45) is -0.152. The number of hydrogen-bond acceptors (Lipinski definition) is 4. The zero-order valence-electron chi connectivity index (χ0n) is 11.6. The van der Waals surface area contributed by atoms with E-state index < -0.39 is 5.97 Å². The van der Waals surface area contributed by atoms with Gasteiger partial charge in [-0.2, -0.15) is 0 Å². The molecule has 0 fully saturated rings. The molecule has 0 aliphatic carbocycles. The van der Waals surface area contributed by atoms with Crippen LogP contribution < -0.4 is 10.1 Å². The maximum absolute atomic E-state index is 10.9. The van der Waals surface area contributed by atoms with E-state index in [1.165, 1.54) is 13.2 Å². The molecule has 0 atom stereocenters. The van der Waals surface area contributed by atoms with Crippen LogP contribution in [0.2, 0.25) is 10.0 Å². The Morgan fingerprint density at radius 2 is 2.00 bits per heavy atom. The molecule has 3 N–H and O–H groups in total. The number of phenols is 1. The zero-order valence-corrected chi connectivity index (χ0v) is 13.1. The number of aliphatic carboxylic acids is 1. The normalized spacial score (nSPS) is 10.3. The SMILES string of the molecule is COc1cc(Cl)c(Nc2ccccc2CC(=O)O)c(Cl)c1O. The van der Waals surface area contributed by atoms with Crippen LogP contribution in [0, 0.1) is 0 Å². The van der Waals surface area contributed by atoms with E-state index in [4.69, 9.17) is 33.0 Å². The highest BCUT2D eigenvalue weighted by molar-refractivity contribution is 6.40. The lowest BCUT2D eigenvalue weighted by molar-refractivity contribution is -0.136. The van der Waals surface area contributed by atoms with Crippen LogP contribution in [-0.2, 0) is 11.2 Å². The molecule has 22 heavy (non-hydrogen) atoms. The van der Waals surface area contributed by atoms with Crippen LogP contribution >= 0.6 is 23.2 Å². The lowest BCUT2D eigenvalue weighted by Gasteiger charge is -2.16. The molecule has 0 saturated heterocycles. The average molecular weight is 342 g/mol. The zero-order chi connectivity index (χ0) is 16.3. The molecule has 2 aromatic carbocycles. The van der Waals surface area contributed by atoms with Gasteiger partial charge in [-0.3, -0.25) is 4.79 Å². The monoisotopic (exact) mass is 341 g/mol. The van der Waals surface area contributed by atoms with Crippen LogP contribution in [0.5, 0.6) is 11.5 Å². The summed E-state index contributed by atoms with van der Waals surface area (Å²) in [5, 5.41) is 22.1. The van der Waals surface area contributed by atoms with Gasteiger partial charge in [-0.1, -0.05) is 41.4 Å². The molecular weight excluding hydrogens is 329 g/mol. The van der Waals surface area contributed by atoms with Gasteiger partial charge in [-0.25, -0.2) is 0 Å². The summed E-state index contributed by atoms with van der Waals surface area (Å²) < 4.78 is 4.96. The summed E-state index contributed by atoms with van der Waals surface area (Å²) in [6.45, 7) is 0. The molecule has 0 bridgehead atoms. The van der Waals surface area contributed by atoms with Crippen molar-refractivity contribution in [3.05, 3.63) is 45.9 Å². The quantitative estimate of drug-likeness (QED) is 0.763. The average Bonchev–Trinajstić information content (AvgIpc) is 2.48. The van der Waals surface area contributed by atoms with E-state index in [0.29, 0.717) is 11.3 Å². The highest BCUT2D eigenvalue weighted by atomic mass is 35.5. The van der Waals surface area contributed by atoms with E-state index >= 15 is 0 Å². The van der Waals surface area contributed by atoms with Crippen LogP contribution in [0.3, 0.4) is 0 Å². The number of benzene rings is 2. The molecule has 2 aromatic rings. The first-order valence-electron chi connectivity index (χ1n) is 6.25. The van der Waals surface area contributed by atoms with Crippen molar-refractivity contribution in [2.45, 2.75) is 6.42 Å². The Kier molecular flexibility index (Phi) is 5.00. The lowest BCUT2D eigenvalue weighted by Crippen LogP contribution is -2.04. The summed E-state index contributed by atoms with van der Waals surface area (Å²) in [6, 6.07) is 8.29. The second-order valence-corrected chi connectivity index (χ2v) is 5.24. The maximum atomic E-state index is 10.9. The van der Waals surface area contributed by atoms with Crippen molar-refractivity contribution in [1.82, 2.24) is 0 Å². The standard InChI is InChI=1S/C15H13Cl2NO4/c1-22-11-7-9(16)14(13(17)15(11)21)18-10-5-3-2-4-8(10)6-12(19)20/h2-5,7,18,21H,6H2,1H3,(H,19,20). The second kappa shape index (κ2) is 6.77. The van der Waals surface area contributed by atoms with Crippen molar-refractivity contribution in [2.24, 2.45) is 0 Å². The van der Waals surface area contributed by atoms with Crippen LogP contribution in [0.1, 0.15) is 5.56 Å². The highest BCUT2D eigenvalue weighted by Gasteiger charge is 2.17. The van der Waals surface area contributed by atoms with Crippen molar-refractivity contribution in [1.29, 1.82) is 0 Å². The third-order valence-electron chi connectivity index (χ3n) is 3.00. The predicted molar refractivity (Wildman–Crippen MR) is 85.7 cm³/mol. The van der Waals surface area contributed by atoms with Crippen LogP contribution in [0.15, 0.2) is 30.3 Å². The Bertz CT molecular complexity index is 719. The van der Waals surface area contributed by atoms with Crippen molar-refractivity contribution in [3.8, 4) is 11.5 Å². The van der Waals surface area contributed by atoms with Gasteiger partial charge in [0.05, 0.1) is 24.2 Å². The molecule has 116 valence electrons. The van der Waals surface area contributed by atoms with Crippen LogP contribution in [-0.4, -0.2) is 23.3 Å². The van der Waals surface area contributed by atoms with E-state index in [2.05, 4.69) is 5.32 Å². The summed E-state index contributed by atoms with van der Waals surface area (Å²) in [5.74, 6) is -1.05. The van der Waals surface area contributed by atoms with Crippen molar-refractivity contribution < 1.29 is 19.7 Å². The number of carboxylic acid groups (broad SMARTS) is 1. The third-order valence-corrected chi connectivity index (χ3v) is 3.66. The Morgan fingerprint density at radius 3 is 2.64 bits per heavy atom. The minimum atomic E-state index is -0.955. The molecule has 0 aromatic heterocycles. The summed E-state index contributed by atoms with van der Waals surface area (Å²) in [5.41, 5.74) is 1.38. The van der Waals surface area contributed by atoms with E-state index in [1.54, 1.807) is 24.3 Å². The number of halogens is 2. The van der Waals surface area contributed by atoms with Gasteiger partial charge in [0.25, 0.3) is 0 Å². The fraction of sp³-hybridized carbons (Fsp3) is 0.133. The molecule has 7 heteroatoms. The Labute approximate surface area is 137 Å². The van der Waals surface area contributed by atoms with Gasteiger partial charge >= 0.3 is 5.97 Å². The van der Waals surface area contributed by atoms with Gasteiger partial charge in [-0.15, -0.1) is 0 Å². The third kappa shape index (κ3) is 3.37. The first-order valence-corrected chi connectivity index (χ1v) is 7.01. The van der Waals surface area contributed by atoms with Gasteiger partial charge in [0.1, 0.15) is 5.02 Å². The van der Waals surface area contributed by atoms with E-state index in [9.17, 15) is 9.90 Å². The summed E-state index contributed by atoms with van der Waals surface area (Å²) in [7, 11) is 1.39. The van der Waals surface area contributed by atoms with Crippen molar-refractivity contribution in [2.75, 3.05) is 12.4 Å². The van der Waals surface area contributed by atoms with E-state index in [-0.39, 0.29) is 33.7 Å². The Hall–Kier alpha value is -2.11. The fourth-order valence-corrected chi connectivity index (χ4v) is 2.48. The molecule has 2 rings (SSSR count). The number of carboxylic acids is 1. The minimum Gasteiger partial charge on any atom is -0.503 e. The molecule has 0 radical (unpaired) electrons. The van der Waals surface area contributed by atoms with Gasteiger partial charge < -0.3 is 20.3 Å². The number of phenolic OH excluding ortho intramolecular Hbond substituents is 1. The van der Waals surface area contributed by atoms with E-state index in [1.807, 2.05) is 0 Å². The molecule has 0 aliphatic heterocycles. The topological polar surface area (TPSA) is 78.8 Å². The molecule has 0 amide bonds. The molecule has 0 spiro atoms. The largest absolute Gasteiger partial charge is 0.503 e. The number of methoxy groups -OCH3 is 1. The number of carbonyl (C=O) groups is 1. The highest BCUT2D eigenvalue weighted by Crippen LogP contribution is 2.45. The number of aromatic hydroxyl groups is 1. The van der Waals surface area contributed by atoms with Crippen LogP contribution in [0.25, 0.3) is 0 Å². The maximum Gasteiger partial charge on any atom is 0.307 e. The van der Waals surface area contributed by atoms with Gasteiger partial charge in [0.15, 0.2) is 11.5 Å². The van der Waals surface area contributed by atoms with E-state index in [0.717, 1.165) is 0 Å². The molecule has 5 nitrogen and oxygen atoms in total. The molecule has 0 aliphatic rings. The summed E-state index contributed by atoms with van der Waals surface area (Å²) >= 11 is 12.2. The Morgan fingerprint density at radius 1 is 1.32 bits per heavy atom. The molecule has 0 heterocycles. The minimum absolute atomic E-state index is 0.00511. The molecular formula is C15H13Cl2NO4. The number of para-hydroxylation sites is 1. The number of nitrogens with one attached hydrogen (secondary N) is 1.